The third-order valence-corrected chi connectivity index (χ3v) is 4.19. The van der Waals surface area contributed by atoms with Crippen molar-refractivity contribution in [1.82, 2.24) is 0 Å². The first-order valence-electron chi connectivity index (χ1n) is 3.88. The van der Waals surface area contributed by atoms with Gasteiger partial charge in [-0.05, 0) is 19.8 Å². The predicted octanol–water partition coefficient (Wildman–Crippen LogP) is 2.43. The van der Waals surface area contributed by atoms with E-state index in [4.69, 9.17) is 0 Å². The number of carbonyl (C=O) groups is 2. The molecular formula is C8H10Br2O2. The Morgan fingerprint density at radius 1 is 1.58 bits per heavy atom. The van der Waals surface area contributed by atoms with Gasteiger partial charge in [0.1, 0.15) is 9.02 Å². The molecule has 0 aromatic heterocycles. The second-order valence-electron chi connectivity index (χ2n) is 3.10. The molecule has 12 heavy (non-hydrogen) atoms. The molecule has 0 amide bonds. The molecule has 0 N–H and O–H groups in total. The van der Waals surface area contributed by atoms with Crippen molar-refractivity contribution in [2.45, 2.75) is 29.4 Å². The molecule has 0 aromatic rings. The van der Waals surface area contributed by atoms with Crippen molar-refractivity contribution in [2.75, 3.05) is 0 Å². The van der Waals surface area contributed by atoms with Crippen molar-refractivity contribution in [3.63, 3.8) is 0 Å². The van der Waals surface area contributed by atoms with Crippen LogP contribution in [0.5, 0.6) is 0 Å². The maximum atomic E-state index is 11.4. The molecule has 0 aromatic carbocycles. The standard InChI is InChI=1S/C8H10Br2O2/c1-5(11)6-3-2-4-7(12)8(6,9)10/h6H,2-4H2,1H3. The lowest BCUT2D eigenvalue weighted by Gasteiger charge is -2.31. The summed E-state index contributed by atoms with van der Waals surface area (Å²) in [6, 6.07) is 0. The largest absolute Gasteiger partial charge is 0.300 e. The van der Waals surface area contributed by atoms with Gasteiger partial charge in [0, 0.05) is 12.3 Å². The molecule has 0 bridgehead atoms. The number of Topliss-reactive ketones (excluding diaryl/α,β-unsaturated/α-hetero) is 2. The van der Waals surface area contributed by atoms with E-state index in [9.17, 15) is 9.59 Å². The van der Waals surface area contributed by atoms with Gasteiger partial charge in [0.15, 0.2) is 5.78 Å². The van der Waals surface area contributed by atoms with Crippen LogP contribution in [0.15, 0.2) is 0 Å². The van der Waals surface area contributed by atoms with Gasteiger partial charge in [0.25, 0.3) is 0 Å². The van der Waals surface area contributed by atoms with E-state index in [1.165, 1.54) is 6.92 Å². The molecule has 2 nitrogen and oxygen atoms in total. The zero-order valence-corrected chi connectivity index (χ0v) is 9.94. The summed E-state index contributed by atoms with van der Waals surface area (Å²) in [4.78, 5) is 22.5. The monoisotopic (exact) mass is 296 g/mol. The highest BCUT2D eigenvalue weighted by Crippen LogP contribution is 2.43. The molecule has 1 unspecified atom stereocenters. The van der Waals surface area contributed by atoms with Crippen molar-refractivity contribution >= 4 is 43.4 Å². The van der Waals surface area contributed by atoms with Gasteiger partial charge in [-0.15, -0.1) is 0 Å². The third kappa shape index (κ3) is 1.79. The molecule has 1 fully saturated rings. The Labute approximate surface area is 88.3 Å². The van der Waals surface area contributed by atoms with Crippen LogP contribution in [-0.4, -0.2) is 14.8 Å². The lowest BCUT2D eigenvalue weighted by molar-refractivity contribution is -0.128. The summed E-state index contributed by atoms with van der Waals surface area (Å²) < 4.78 is -0.788. The number of alkyl halides is 2. The minimum Gasteiger partial charge on any atom is -0.300 e. The smallest absolute Gasteiger partial charge is 0.160 e. The van der Waals surface area contributed by atoms with E-state index < -0.39 is 3.23 Å². The Morgan fingerprint density at radius 3 is 2.58 bits per heavy atom. The predicted molar refractivity (Wildman–Crippen MR) is 53.6 cm³/mol. The topological polar surface area (TPSA) is 34.1 Å². The normalized spacial score (nSPS) is 28.6. The van der Waals surface area contributed by atoms with Crippen molar-refractivity contribution in [2.24, 2.45) is 5.92 Å². The fraction of sp³-hybridized carbons (Fsp3) is 0.750. The zero-order valence-electron chi connectivity index (χ0n) is 6.77. The summed E-state index contributed by atoms with van der Waals surface area (Å²) in [6.07, 6.45) is 2.17. The summed E-state index contributed by atoms with van der Waals surface area (Å²) >= 11 is 6.54. The first kappa shape index (κ1) is 10.4. The molecule has 4 heteroatoms. The quantitative estimate of drug-likeness (QED) is 0.697. The molecule has 68 valence electrons. The van der Waals surface area contributed by atoms with Crippen LogP contribution in [0.2, 0.25) is 0 Å². The summed E-state index contributed by atoms with van der Waals surface area (Å²) in [7, 11) is 0. The number of carbonyl (C=O) groups excluding carboxylic acids is 2. The van der Waals surface area contributed by atoms with Gasteiger partial charge in [0.05, 0.1) is 0 Å². The maximum absolute atomic E-state index is 11.4. The molecule has 0 heterocycles. The van der Waals surface area contributed by atoms with Crippen molar-refractivity contribution in [3.8, 4) is 0 Å². The van der Waals surface area contributed by atoms with E-state index in [0.29, 0.717) is 6.42 Å². The fourth-order valence-electron chi connectivity index (χ4n) is 1.47. The van der Waals surface area contributed by atoms with E-state index >= 15 is 0 Å². The lowest BCUT2D eigenvalue weighted by atomic mass is 9.85. The summed E-state index contributed by atoms with van der Waals surface area (Å²) in [5.74, 6) is -0.0653. The summed E-state index contributed by atoms with van der Waals surface area (Å²) in [5.41, 5.74) is 0. The average Bonchev–Trinajstić information content (AvgIpc) is 1.94. The first-order valence-corrected chi connectivity index (χ1v) is 5.46. The van der Waals surface area contributed by atoms with Gasteiger partial charge < -0.3 is 0 Å². The SMILES string of the molecule is CC(=O)C1CCCC(=O)C1(Br)Br. The van der Waals surface area contributed by atoms with Crippen LogP contribution < -0.4 is 0 Å². The number of rotatable bonds is 1. The molecule has 0 radical (unpaired) electrons. The summed E-state index contributed by atoms with van der Waals surface area (Å²) in [5, 5.41) is 0. The van der Waals surface area contributed by atoms with E-state index in [1.807, 2.05) is 0 Å². The molecule has 1 saturated carbocycles. The Balaban J connectivity index is 2.86. The molecule has 1 aliphatic carbocycles. The van der Waals surface area contributed by atoms with Crippen molar-refractivity contribution in [1.29, 1.82) is 0 Å². The molecule has 0 saturated heterocycles. The van der Waals surface area contributed by atoms with Gasteiger partial charge in [-0.25, -0.2) is 0 Å². The van der Waals surface area contributed by atoms with E-state index in [0.717, 1.165) is 12.8 Å². The molecule has 1 aliphatic rings. The van der Waals surface area contributed by atoms with Crippen molar-refractivity contribution in [3.05, 3.63) is 0 Å². The Hall–Kier alpha value is 0.300. The van der Waals surface area contributed by atoms with Gasteiger partial charge in [-0.1, -0.05) is 31.9 Å². The van der Waals surface area contributed by atoms with E-state index in [1.54, 1.807) is 0 Å². The number of ketones is 2. The minimum absolute atomic E-state index is 0.0665. The Morgan fingerprint density at radius 2 is 2.17 bits per heavy atom. The van der Waals surface area contributed by atoms with Crippen LogP contribution in [0.1, 0.15) is 26.2 Å². The van der Waals surface area contributed by atoms with Crippen LogP contribution in [0.4, 0.5) is 0 Å². The van der Waals surface area contributed by atoms with Crippen LogP contribution in [-0.2, 0) is 9.59 Å². The highest BCUT2D eigenvalue weighted by atomic mass is 79.9. The lowest BCUT2D eigenvalue weighted by Crippen LogP contribution is -2.41. The first-order chi connectivity index (χ1) is 5.46. The van der Waals surface area contributed by atoms with Gasteiger partial charge >= 0.3 is 0 Å². The van der Waals surface area contributed by atoms with Gasteiger partial charge in [-0.3, -0.25) is 9.59 Å². The molecule has 0 aliphatic heterocycles. The van der Waals surface area contributed by atoms with Gasteiger partial charge in [0.2, 0.25) is 0 Å². The van der Waals surface area contributed by atoms with Crippen LogP contribution in [0.3, 0.4) is 0 Å². The molecular weight excluding hydrogens is 288 g/mol. The minimum atomic E-state index is -0.788. The third-order valence-electron chi connectivity index (χ3n) is 2.20. The molecule has 0 spiro atoms. The molecule has 1 atom stereocenters. The van der Waals surface area contributed by atoms with Crippen LogP contribution in [0.25, 0.3) is 0 Å². The van der Waals surface area contributed by atoms with E-state index in [-0.39, 0.29) is 17.5 Å². The number of hydrogen-bond acceptors (Lipinski definition) is 2. The highest BCUT2D eigenvalue weighted by Gasteiger charge is 2.45. The average molecular weight is 298 g/mol. The van der Waals surface area contributed by atoms with E-state index in [2.05, 4.69) is 31.9 Å². The number of hydrogen-bond donors (Lipinski definition) is 0. The van der Waals surface area contributed by atoms with Crippen LogP contribution >= 0.6 is 31.9 Å². The Kier molecular flexibility index (Phi) is 3.10. The highest BCUT2D eigenvalue weighted by molar-refractivity contribution is 9.26. The van der Waals surface area contributed by atoms with Crippen molar-refractivity contribution < 1.29 is 9.59 Å². The summed E-state index contributed by atoms with van der Waals surface area (Å²) in [6.45, 7) is 1.53. The Bertz CT molecular complexity index is 223. The molecule has 1 rings (SSSR count). The zero-order chi connectivity index (χ0) is 9.35. The van der Waals surface area contributed by atoms with Gasteiger partial charge in [-0.2, -0.15) is 0 Å². The maximum Gasteiger partial charge on any atom is 0.160 e. The fourth-order valence-corrected chi connectivity index (χ4v) is 2.97. The second kappa shape index (κ2) is 3.58. The second-order valence-corrected chi connectivity index (χ2v) is 6.67. The van der Waals surface area contributed by atoms with Crippen LogP contribution in [0, 0.1) is 5.92 Å². The number of halogens is 2.